The van der Waals surface area contributed by atoms with E-state index in [9.17, 15) is 0 Å². The van der Waals surface area contributed by atoms with E-state index in [1.54, 1.807) is 0 Å². The van der Waals surface area contributed by atoms with Crippen LogP contribution in [0.2, 0.25) is 0 Å². The first-order chi connectivity index (χ1) is 4.29. The molecule has 1 saturated carbocycles. The largest absolute Gasteiger partial charge is 0.396 e. The Morgan fingerprint density at radius 2 is 2.11 bits per heavy atom. The molecule has 1 fully saturated rings. The van der Waals surface area contributed by atoms with E-state index in [1.165, 1.54) is 0 Å². The third-order valence-electron chi connectivity index (χ3n) is 1.89. The first-order valence-corrected chi connectivity index (χ1v) is 3.19. The highest BCUT2D eigenvalue weighted by atomic mass is 16.3. The van der Waals surface area contributed by atoms with Gasteiger partial charge in [-0.3, -0.25) is 0 Å². The normalized spacial score (nSPS) is 36.3. The average molecular weight is 132 g/mol. The van der Waals surface area contributed by atoms with E-state index in [0.717, 1.165) is 6.42 Å². The topological polar surface area (TPSA) is 60.7 Å². The lowest BCUT2D eigenvalue weighted by molar-refractivity contribution is 0.0699. The van der Waals surface area contributed by atoms with Crippen LogP contribution in [0.4, 0.5) is 0 Å². The maximum Gasteiger partial charge on any atom is 0.0802 e. The number of aliphatic hydroxyl groups is 3. The fourth-order valence-corrected chi connectivity index (χ4v) is 1.09. The summed E-state index contributed by atoms with van der Waals surface area (Å²) in [5.41, 5.74) is 0. The van der Waals surface area contributed by atoms with Crippen molar-refractivity contribution in [1.29, 1.82) is 0 Å². The van der Waals surface area contributed by atoms with Gasteiger partial charge in [0.1, 0.15) is 0 Å². The molecule has 0 aromatic heterocycles. The van der Waals surface area contributed by atoms with Crippen LogP contribution in [0.5, 0.6) is 0 Å². The standard InChI is InChI=1S/C6H12O3/c7-2-4-1-5(4)6(9)3-8/h4-9H,1-3H2. The fourth-order valence-electron chi connectivity index (χ4n) is 1.09. The van der Waals surface area contributed by atoms with Crippen molar-refractivity contribution in [3.63, 3.8) is 0 Å². The highest BCUT2D eigenvalue weighted by molar-refractivity contribution is 4.90. The second kappa shape index (κ2) is 2.64. The van der Waals surface area contributed by atoms with E-state index in [2.05, 4.69) is 0 Å². The molecule has 0 saturated heterocycles. The fraction of sp³-hybridized carbons (Fsp3) is 1.00. The summed E-state index contributed by atoms with van der Waals surface area (Å²) in [4.78, 5) is 0. The van der Waals surface area contributed by atoms with Crippen molar-refractivity contribution < 1.29 is 15.3 Å². The summed E-state index contributed by atoms with van der Waals surface area (Å²) in [5, 5.41) is 25.9. The van der Waals surface area contributed by atoms with Crippen LogP contribution in [-0.4, -0.2) is 34.6 Å². The van der Waals surface area contributed by atoms with Crippen molar-refractivity contribution in [2.24, 2.45) is 11.8 Å². The third-order valence-corrected chi connectivity index (χ3v) is 1.89. The van der Waals surface area contributed by atoms with Gasteiger partial charge in [-0.25, -0.2) is 0 Å². The van der Waals surface area contributed by atoms with Gasteiger partial charge in [0.05, 0.1) is 12.7 Å². The molecule has 0 amide bonds. The maximum atomic E-state index is 8.94. The third kappa shape index (κ3) is 1.41. The highest BCUT2D eigenvalue weighted by Crippen LogP contribution is 2.40. The minimum absolute atomic E-state index is 0.141. The van der Waals surface area contributed by atoms with Crippen LogP contribution < -0.4 is 0 Å². The molecule has 1 aliphatic rings. The quantitative estimate of drug-likeness (QED) is 0.460. The van der Waals surface area contributed by atoms with Crippen molar-refractivity contribution in [2.45, 2.75) is 12.5 Å². The summed E-state index contributed by atoms with van der Waals surface area (Å²) in [6.07, 6.45) is 0.250. The van der Waals surface area contributed by atoms with Gasteiger partial charge in [-0.05, 0) is 18.3 Å². The molecule has 0 aliphatic heterocycles. The Kier molecular flexibility index (Phi) is 2.05. The second-order valence-corrected chi connectivity index (χ2v) is 2.59. The summed E-state index contributed by atoms with van der Waals surface area (Å²) >= 11 is 0. The van der Waals surface area contributed by atoms with E-state index < -0.39 is 6.10 Å². The molecule has 0 radical (unpaired) electrons. The van der Waals surface area contributed by atoms with Gasteiger partial charge in [0, 0.05) is 6.61 Å². The van der Waals surface area contributed by atoms with Gasteiger partial charge < -0.3 is 15.3 Å². The number of rotatable bonds is 3. The summed E-state index contributed by atoms with van der Waals surface area (Å²) in [6, 6.07) is 0. The first kappa shape index (κ1) is 6.99. The van der Waals surface area contributed by atoms with Gasteiger partial charge in [-0.2, -0.15) is 0 Å². The van der Waals surface area contributed by atoms with Gasteiger partial charge in [0.15, 0.2) is 0 Å². The molecule has 0 aromatic carbocycles. The molecule has 0 aromatic rings. The lowest BCUT2D eigenvalue weighted by atomic mass is 10.2. The van der Waals surface area contributed by atoms with Gasteiger partial charge in [-0.1, -0.05) is 0 Å². The van der Waals surface area contributed by atoms with Gasteiger partial charge >= 0.3 is 0 Å². The monoisotopic (exact) mass is 132 g/mol. The zero-order valence-electron chi connectivity index (χ0n) is 5.20. The second-order valence-electron chi connectivity index (χ2n) is 2.59. The lowest BCUT2D eigenvalue weighted by Crippen LogP contribution is -2.16. The SMILES string of the molecule is OCC(O)C1CC1CO. The molecular weight excluding hydrogens is 120 g/mol. The van der Waals surface area contributed by atoms with Gasteiger partial charge in [0.2, 0.25) is 0 Å². The average Bonchev–Trinajstić information content (AvgIpc) is 2.64. The van der Waals surface area contributed by atoms with Crippen LogP contribution in [0.3, 0.4) is 0 Å². The van der Waals surface area contributed by atoms with Crippen molar-refractivity contribution in [1.82, 2.24) is 0 Å². The summed E-state index contributed by atoms with van der Waals surface area (Å²) in [7, 11) is 0. The van der Waals surface area contributed by atoms with Crippen LogP contribution in [0.1, 0.15) is 6.42 Å². The van der Waals surface area contributed by atoms with Gasteiger partial charge in [0.25, 0.3) is 0 Å². The molecule has 3 atom stereocenters. The van der Waals surface area contributed by atoms with E-state index in [-0.39, 0.29) is 25.0 Å². The number of aliphatic hydroxyl groups excluding tert-OH is 3. The molecule has 1 aliphatic carbocycles. The van der Waals surface area contributed by atoms with E-state index in [1.807, 2.05) is 0 Å². The first-order valence-electron chi connectivity index (χ1n) is 3.19. The van der Waals surface area contributed by atoms with Gasteiger partial charge in [-0.15, -0.1) is 0 Å². The minimum atomic E-state index is -0.609. The van der Waals surface area contributed by atoms with Crippen LogP contribution in [0, 0.1) is 11.8 Å². The zero-order valence-corrected chi connectivity index (χ0v) is 5.20. The van der Waals surface area contributed by atoms with E-state index in [4.69, 9.17) is 15.3 Å². The molecule has 0 heterocycles. The Bertz CT molecular complexity index is 94.3. The molecule has 1 rings (SSSR count). The van der Waals surface area contributed by atoms with E-state index in [0.29, 0.717) is 0 Å². The molecule has 3 unspecified atom stereocenters. The Morgan fingerprint density at radius 3 is 2.44 bits per heavy atom. The molecule has 3 N–H and O–H groups in total. The lowest BCUT2D eigenvalue weighted by Gasteiger charge is -2.03. The molecular formula is C6H12O3. The Morgan fingerprint density at radius 1 is 1.44 bits per heavy atom. The van der Waals surface area contributed by atoms with Crippen molar-refractivity contribution in [3.05, 3.63) is 0 Å². The number of hydrogen-bond acceptors (Lipinski definition) is 3. The van der Waals surface area contributed by atoms with E-state index >= 15 is 0 Å². The Balaban J connectivity index is 2.17. The molecule has 0 bridgehead atoms. The molecule has 54 valence electrons. The van der Waals surface area contributed by atoms with Crippen LogP contribution in [-0.2, 0) is 0 Å². The summed E-state index contributed by atoms with van der Waals surface area (Å²) in [6.45, 7) is -0.0388. The van der Waals surface area contributed by atoms with Crippen molar-refractivity contribution in [3.8, 4) is 0 Å². The van der Waals surface area contributed by atoms with Crippen LogP contribution in [0.15, 0.2) is 0 Å². The maximum absolute atomic E-state index is 8.94. The summed E-state index contributed by atoms with van der Waals surface area (Å²) < 4.78 is 0. The summed E-state index contributed by atoms with van der Waals surface area (Å²) in [5.74, 6) is 0.396. The highest BCUT2D eigenvalue weighted by Gasteiger charge is 2.41. The Hall–Kier alpha value is -0.120. The molecule has 3 heteroatoms. The molecule has 9 heavy (non-hydrogen) atoms. The van der Waals surface area contributed by atoms with Crippen LogP contribution >= 0.6 is 0 Å². The smallest absolute Gasteiger partial charge is 0.0802 e. The predicted molar refractivity (Wildman–Crippen MR) is 31.8 cm³/mol. The predicted octanol–water partition coefficient (Wildman–Crippen LogP) is -1.03. The molecule has 0 spiro atoms. The molecule has 3 nitrogen and oxygen atoms in total. The Labute approximate surface area is 53.9 Å². The zero-order chi connectivity index (χ0) is 6.85. The minimum Gasteiger partial charge on any atom is -0.396 e. The van der Waals surface area contributed by atoms with Crippen molar-refractivity contribution >= 4 is 0 Å². The van der Waals surface area contributed by atoms with Crippen molar-refractivity contribution in [2.75, 3.05) is 13.2 Å². The number of hydrogen-bond donors (Lipinski definition) is 3. The van der Waals surface area contributed by atoms with Crippen LogP contribution in [0.25, 0.3) is 0 Å².